The number of hydrogen-bond donors (Lipinski definition) is 2. The zero-order chi connectivity index (χ0) is 24.7. The van der Waals surface area contributed by atoms with Crippen LogP contribution in [-0.4, -0.2) is 50.8 Å². The first-order valence-corrected chi connectivity index (χ1v) is 14.5. The van der Waals surface area contributed by atoms with Crippen LogP contribution >= 0.6 is 22.7 Å². The number of carbonyl (C=O) groups excluding carboxylic acids is 1. The maximum Gasteiger partial charge on any atom is 0.256 e. The third-order valence-corrected chi connectivity index (χ3v) is 10.4. The van der Waals surface area contributed by atoms with E-state index in [1.165, 1.54) is 41.6 Å². The molecule has 10 heteroatoms. The molecule has 2 aromatic carbocycles. The van der Waals surface area contributed by atoms with Crippen molar-refractivity contribution < 1.29 is 18.1 Å². The van der Waals surface area contributed by atoms with Crippen molar-refractivity contribution >= 4 is 53.8 Å². The fraction of sp³-hybridized carbons (Fsp3) is 0.280. The van der Waals surface area contributed by atoms with Crippen LogP contribution < -0.4 is 10.2 Å². The van der Waals surface area contributed by atoms with E-state index in [1.807, 2.05) is 18.2 Å². The monoisotopic (exact) mass is 527 g/mol. The van der Waals surface area contributed by atoms with Gasteiger partial charge in [0.2, 0.25) is 10.0 Å². The molecule has 0 saturated carbocycles. The Morgan fingerprint density at radius 1 is 1.11 bits per heavy atom. The second-order valence-corrected chi connectivity index (χ2v) is 13.0. The molecule has 2 aromatic heterocycles. The molecule has 0 fully saturated rings. The second kappa shape index (κ2) is 9.44. The van der Waals surface area contributed by atoms with Crippen LogP contribution in [0.25, 0.3) is 20.8 Å². The van der Waals surface area contributed by atoms with Crippen LogP contribution in [0.3, 0.4) is 0 Å². The number of nitrogens with one attached hydrogen (secondary N) is 2. The van der Waals surface area contributed by atoms with E-state index in [-0.39, 0.29) is 10.8 Å². The van der Waals surface area contributed by atoms with E-state index >= 15 is 0 Å². The van der Waals surface area contributed by atoms with Crippen molar-refractivity contribution in [1.82, 2.24) is 9.29 Å². The molecule has 7 nitrogen and oxygen atoms in total. The van der Waals surface area contributed by atoms with Gasteiger partial charge in [-0.2, -0.15) is 0 Å². The normalized spacial score (nSPS) is 15.9. The van der Waals surface area contributed by atoms with Gasteiger partial charge in [-0.1, -0.05) is 12.1 Å². The smallest absolute Gasteiger partial charge is 0.256 e. The van der Waals surface area contributed by atoms with Crippen LogP contribution in [0.1, 0.15) is 27.7 Å². The van der Waals surface area contributed by atoms with Crippen molar-refractivity contribution in [3.05, 3.63) is 64.5 Å². The third-order valence-electron chi connectivity index (χ3n) is 6.36. The van der Waals surface area contributed by atoms with Crippen molar-refractivity contribution in [2.75, 3.05) is 32.5 Å². The molecule has 5 rings (SSSR count). The summed E-state index contributed by atoms with van der Waals surface area (Å²) in [5, 5.41) is 4.85. The van der Waals surface area contributed by atoms with Crippen LogP contribution in [-0.2, 0) is 23.0 Å². The molecular formula is C25H27N4O3S3+. The highest BCUT2D eigenvalue weighted by Gasteiger charge is 2.29. The fourth-order valence-corrected chi connectivity index (χ4v) is 7.62. The summed E-state index contributed by atoms with van der Waals surface area (Å²) >= 11 is 3.28. The molecule has 0 bridgehead atoms. The Bertz CT molecular complexity index is 1470. The van der Waals surface area contributed by atoms with Gasteiger partial charge in [-0.25, -0.2) is 17.7 Å². The van der Waals surface area contributed by atoms with E-state index in [1.54, 1.807) is 34.8 Å². The highest BCUT2D eigenvalue weighted by atomic mass is 32.2. The average molecular weight is 528 g/mol. The minimum Gasteiger partial charge on any atom is -0.330 e. The average Bonchev–Trinajstić information content (AvgIpc) is 3.43. The molecule has 0 aliphatic carbocycles. The molecule has 0 saturated heterocycles. The molecule has 182 valence electrons. The molecule has 1 aliphatic heterocycles. The van der Waals surface area contributed by atoms with Gasteiger partial charge in [-0.3, -0.25) is 4.79 Å². The van der Waals surface area contributed by atoms with Gasteiger partial charge in [-0.05, 0) is 48.9 Å². The Balaban J connectivity index is 1.51. The summed E-state index contributed by atoms with van der Waals surface area (Å²) in [5.74, 6) is -0.264. The molecule has 1 atom stereocenters. The van der Waals surface area contributed by atoms with Gasteiger partial charge in [0.1, 0.15) is 16.6 Å². The van der Waals surface area contributed by atoms with E-state index < -0.39 is 10.0 Å². The quantitative estimate of drug-likeness (QED) is 0.402. The van der Waals surface area contributed by atoms with Gasteiger partial charge in [0.05, 0.1) is 33.1 Å². The van der Waals surface area contributed by atoms with Crippen molar-refractivity contribution in [2.45, 2.75) is 24.8 Å². The first-order chi connectivity index (χ1) is 16.8. The van der Waals surface area contributed by atoms with E-state index in [0.29, 0.717) is 5.56 Å². The minimum absolute atomic E-state index is 0.156. The minimum atomic E-state index is -3.55. The van der Waals surface area contributed by atoms with Gasteiger partial charge in [-0.15, -0.1) is 22.7 Å². The highest BCUT2D eigenvalue weighted by molar-refractivity contribution is 7.89. The summed E-state index contributed by atoms with van der Waals surface area (Å²) in [6.45, 7) is 5.28. The van der Waals surface area contributed by atoms with Crippen molar-refractivity contribution in [3.8, 4) is 10.6 Å². The Kier molecular flexibility index (Phi) is 6.49. The number of fused-ring (bicyclic) bond motifs is 2. The van der Waals surface area contributed by atoms with E-state index in [9.17, 15) is 13.2 Å². The molecule has 0 radical (unpaired) electrons. The molecule has 1 amide bonds. The van der Waals surface area contributed by atoms with E-state index in [4.69, 9.17) is 4.98 Å². The third kappa shape index (κ3) is 4.52. The molecule has 35 heavy (non-hydrogen) atoms. The summed E-state index contributed by atoms with van der Waals surface area (Å²) < 4.78 is 27.0. The first kappa shape index (κ1) is 24.1. The summed E-state index contributed by atoms with van der Waals surface area (Å²) in [6, 6.07) is 14.1. The fourth-order valence-electron chi connectivity index (χ4n) is 4.30. The lowest BCUT2D eigenvalue weighted by atomic mass is 10.0. The lowest BCUT2D eigenvalue weighted by Crippen LogP contribution is -3.11. The van der Waals surface area contributed by atoms with Crippen LogP contribution in [0.15, 0.2) is 53.4 Å². The van der Waals surface area contributed by atoms with Crippen molar-refractivity contribution in [3.63, 3.8) is 0 Å². The number of benzene rings is 2. The maximum atomic E-state index is 13.2. The van der Waals surface area contributed by atoms with Gasteiger partial charge >= 0.3 is 0 Å². The summed E-state index contributed by atoms with van der Waals surface area (Å²) in [4.78, 5) is 21.1. The first-order valence-electron chi connectivity index (χ1n) is 11.5. The number of thiophene rings is 1. The SMILES string of the molecule is CC[NH+]1CCc2c(sc(NC(=O)c3ccc(S(=O)(=O)N(C)C)cc3)c2-c2nc3ccccc3s2)C1. The number of rotatable bonds is 6. The van der Waals surface area contributed by atoms with Crippen molar-refractivity contribution in [2.24, 2.45) is 0 Å². The second-order valence-electron chi connectivity index (χ2n) is 8.74. The standard InChI is InChI=1S/C25H26N4O3S3/c1-4-29-14-13-18-21(15-29)34-25(22(18)24-26-19-7-5-6-8-20(19)33-24)27-23(30)16-9-11-17(12-10-16)35(31,32)28(2)3/h5-12H,4,13-15H2,1-3H3,(H,27,30)/p+1. The van der Waals surface area contributed by atoms with Gasteiger partial charge in [0.25, 0.3) is 5.91 Å². The van der Waals surface area contributed by atoms with Crippen LogP contribution in [0.4, 0.5) is 5.00 Å². The summed E-state index contributed by atoms with van der Waals surface area (Å²) in [7, 11) is -0.578. The number of para-hydroxylation sites is 1. The van der Waals surface area contributed by atoms with E-state index in [0.717, 1.165) is 56.1 Å². The van der Waals surface area contributed by atoms with Gasteiger partial charge in [0, 0.05) is 31.6 Å². The van der Waals surface area contributed by atoms with Crippen LogP contribution in [0, 0.1) is 0 Å². The number of aromatic nitrogens is 1. The predicted molar refractivity (Wildman–Crippen MR) is 142 cm³/mol. The number of amides is 1. The zero-order valence-corrected chi connectivity index (χ0v) is 22.2. The molecule has 1 unspecified atom stereocenters. The number of sulfonamides is 1. The molecule has 4 aromatic rings. The molecule has 2 N–H and O–H groups in total. The molecule has 0 spiro atoms. The van der Waals surface area contributed by atoms with Crippen LogP contribution in [0.2, 0.25) is 0 Å². The number of nitrogens with zero attached hydrogens (tertiary/aromatic N) is 2. The maximum absolute atomic E-state index is 13.2. The van der Waals surface area contributed by atoms with Crippen molar-refractivity contribution in [1.29, 1.82) is 0 Å². The number of carbonyl (C=O) groups is 1. The zero-order valence-electron chi connectivity index (χ0n) is 19.8. The number of thiazole rings is 1. The Labute approximate surface area is 213 Å². The lowest BCUT2D eigenvalue weighted by molar-refractivity contribution is -0.913. The molecular weight excluding hydrogens is 501 g/mol. The number of anilines is 1. The Morgan fingerprint density at radius 2 is 1.86 bits per heavy atom. The van der Waals surface area contributed by atoms with E-state index in [2.05, 4.69) is 18.3 Å². The summed E-state index contributed by atoms with van der Waals surface area (Å²) in [5.41, 5.74) is 3.68. The van der Waals surface area contributed by atoms with Gasteiger partial charge < -0.3 is 10.2 Å². The molecule has 1 aliphatic rings. The predicted octanol–water partition coefficient (Wildman–Crippen LogP) is 3.49. The number of hydrogen-bond acceptors (Lipinski definition) is 6. The largest absolute Gasteiger partial charge is 0.330 e. The van der Waals surface area contributed by atoms with Crippen LogP contribution in [0.5, 0.6) is 0 Å². The Morgan fingerprint density at radius 3 is 2.54 bits per heavy atom. The molecule has 3 heterocycles. The number of likely N-dealkylation sites (N-methyl/N-ethyl adjacent to an activating group) is 1. The Hall–Kier alpha value is -2.63. The lowest BCUT2D eigenvalue weighted by Gasteiger charge is -2.22. The number of quaternary nitrogens is 1. The highest BCUT2D eigenvalue weighted by Crippen LogP contribution is 2.44. The summed E-state index contributed by atoms with van der Waals surface area (Å²) in [6.07, 6.45) is 0.952. The topological polar surface area (TPSA) is 83.8 Å². The van der Waals surface area contributed by atoms with Gasteiger partial charge in [0.15, 0.2) is 0 Å².